The molecule has 0 spiro atoms. The van der Waals surface area contributed by atoms with Crippen LogP contribution in [0.25, 0.3) is 0 Å². The minimum atomic E-state index is -0.0952. The summed E-state index contributed by atoms with van der Waals surface area (Å²) in [6.45, 7) is 2.01. The van der Waals surface area contributed by atoms with Gasteiger partial charge in [-0.25, -0.2) is 0 Å². The van der Waals surface area contributed by atoms with Gasteiger partial charge < -0.3 is 10.5 Å². The van der Waals surface area contributed by atoms with E-state index in [0.29, 0.717) is 16.3 Å². The van der Waals surface area contributed by atoms with E-state index in [-0.39, 0.29) is 11.9 Å². The molecule has 1 saturated heterocycles. The van der Waals surface area contributed by atoms with E-state index >= 15 is 0 Å². The maximum Gasteiger partial charge on any atom is 0.251 e. The second-order valence-corrected chi connectivity index (χ2v) is 7.09. The number of aromatic nitrogens is 1. The van der Waals surface area contributed by atoms with E-state index < -0.39 is 0 Å². The van der Waals surface area contributed by atoms with Crippen molar-refractivity contribution in [2.24, 2.45) is 0 Å². The Labute approximate surface area is 147 Å². The number of carbonyl (C=O) groups excluding carboxylic acids is 1. The maximum absolute atomic E-state index is 12.4. The summed E-state index contributed by atoms with van der Waals surface area (Å²) in [7, 11) is 0. The minimum Gasteiger partial charge on any atom is -0.619 e. The summed E-state index contributed by atoms with van der Waals surface area (Å²) in [5, 5.41) is 14.2. The summed E-state index contributed by atoms with van der Waals surface area (Å²) in [6, 6.07) is 12.6. The molecule has 0 saturated carbocycles. The van der Waals surface area contributed by atoms with Crippen molar-refractivity contribution in [2.75, 3.05) is 13.1 Å². The molecule has 2 heterocycles. The van der Waals surface area contributed by atoms with Gasteiger partial charge in [-0.2, -0.15) is 4.73 Å². The van der Waals surface area contributed by atoms with E-state index in [2.05, 4.69) is 34.5 Å². The van der Waals surface area contributed by atoms with E-state index in [0.717, 1.165) is 38.8 Å². The third-order valence-corrected chi connectivity index (χ3v) is 5.40. The van der Waals surface area contributed by atoms with Crippen molar-refractivity contribution in [3.05, 3.63) is 70.7 Å². The SMILES string of the molecule is O=C(N[C@@H]1CCCN(C2Cc3ccccc3C2)C1)c1cc[n+]([O-])cc1. The Morgan fingerprint density at radius 3 is 2.48 bits per heavy atom. The molecule has 1 aromatic heterocycles. The lowest BCUT2D eigenvalue weighted by Gasteiger charge is -2.37. The summed E-state index contributed by atoms with van der Waals surface area (Å²) in [5.41, 5.74) is 3.47. The summed E-state index contributed by atoms with van der Waals surface area (Å²) >= 11 is 0. The number of pyridine rings is 1. The molecular weight excluding hydrogens is 314 g/mol. The maximum atomic E-state index is 12.4. The summed E-state index contributed by atoms with van der Waals surface area (Å²) in [4.78, 5) is 14.9. The van der Waals surface area contributed by atoms with Crippen molar-refractivity contribution in [1.29, 1.82) is 0 Å². The molecule has 1 amide bonds. The van der Waals surface area contributed by atoms with Crippen LogP contribution in [0.15, 0.2) is 48.8 Å². The van der Waals surface area contributed by atoms with Crippen LogP contribution >= 0.6 is 0 Å². The van der Waals surface area contributed by atoms with Crippen LogP contribution in [-0.2, 0) is 12.8 Å². The van der Waals surface area contributed by atoms with Gasteiger partial charge in [0.1, 0.15) is 0 Å². The highest BCUT2D eigenvalue weighted by Gasteiger charge is 2.30. The van der Waals surface area contributed by atoms with Gasteiger partial charge in [-0.1, -0.05) is 24.3 Å². The molecule has 1 fully saturated rings. The molecule has 1 N–H and O–H groups in total. The molecule has 0 unspecified atom stereocenters. The van der Waals surface area contributed by atoms with Gasteiger partial charge in [-0.3, -0.25) is 9.69 Å². The van der Waals surface area contributed by atoms with E-state index in [9.17, 15) is 10.0 Å². The molecule has 25 heavy (non-hydrogen) atoms. The lowest BCUT2D eigenvalue weighted by atomic mass is 10.0. The van der Waals surface area contributed by atoms with Crippen molar-refractivity contribution in [3.8, 4) is 0 Å². The van der Waals surface area contributed by atoms with Crippen LogP contribution in [0.2, 0.25) is 0 Å². The van der Waals surface area contributed by atoms with Crippen molar-refractivity contribution in [1.82, 2.24) is 10.2 Å². The molecule has 0 radical (unpaired) electrons. The number of carbonyl (C=O) groups is 1. The van der Waals surface area contributed by atoms with Gasteiger partial charge in [0, 0.05) is 30.8 Å². The Morgan fingerprint density at radius 2 is 1.80 bits per heavy atom. The van der Waals surface area contributed by atoms with Gasteiger partial charge in [-0.15, -0.1) is 0 Å². The lowest BCUT2D eigenvalue weighted by molar-refractivity contribution is -0.605. The largest absolute Gasteiger partial charge is 0.619 e. The van der Waals surface area contributed by atoms with Crippen LogP contribution in [-0.4, -0.2) is 36.0 Å². The molecule has 1 aromatic carbocycles. The fraction of sp³-hybridized carbons (Fsp3) is 0.400. The molecular formula is C20H23N3O2. The van der Waals surface area contributed by atoms with Gasteiger partial charge in [-0.05, 0) is 43.4 Å². The first-order chi connectivity index (χ1) is 12.2. The van der Waals surface area contributed by atoms with Gasteiger partial charge in [0.05, 0.1) is 5.56 Å². The first-order valence-electron chi connectivity index (χ1n) is 8.99. The number of amides is 1. The standard InChI is InChI=1S/C20H23N3O2/c24-20(15-7-10-23(25)11-8-15)21-18-6-3-9-22(14-18)19-12-16-4-1-2-5-17(16)13-19/h1-2,4-5,7-8,10-11,18-19H,3,6,9,12-14H2,(H,21,24)/t18-/m1/s1. The first kappa shape index (κ1) is 16.1. The van der Waals surface area contributed by atoms with Gasteiger partial charge >= 0.3 is 0 Å². The number of benzene rings is 1. The lowest BCUT2D eigenvalue weighted by Crippen LogP contribution is -2.51. The molecule has 4 rings (SSSR count). The van der Waals surface area contributed by atoms with E-state index in [1.165, 1.54) is 23.5 Å². The summed E-state index contributed by atoms with van der Waals surface area (Å²) in [6.07, 6.45) is 7.05. The molecule has 1 aliphatic carbocycles. The molecule has 2 aromatic rings. The van der Waals surface area contributed by atoms with E-state index in [1.807, 2.05) is 0 Å². The molecule has 1 aliphatic heterocycles. The normalized spacial score (nSPS) is 21.0. The van der Waals surface area contributed by atoms with Crippen LogP contribution < -0.4 is 10.0 Å². The van der Waals surface area contributed by atoms with Crippen LogP contribution in [0.5, 0.6) is 0 Å². The van der Waals surface area contributed by atoms with Crippen molar-refractivity contribution >= 4 is 5.91 Å². The molecule has 5 nitrogen and oxygen atoms in total. The first-order valence-corrected chi connectivity index (χ1v) is 8.99. The third-order valence-electron chi connectivity index (χ3n) is 5.40. The average Bonchev–Trinajstić information content (AvgIpc) is 3.07. The summed E-state index contributed by atoms with van der Waals surface area (Å²) in [5.74, 6) is -0.0952. The Kier molecular flexibility index (Phi) is 4.40. The highest BCUT2D eigenvalue weighted by Crippen LogP contribution is 2.27. The molecule has 1 atom stereocenters. The van der Waals surface area contributed by atoms with Crippen LogP contribution in [0.4, 0.5) is 0 Å². The number of fused-ring (bicyclic) bond motifs is 1. The van der Waals surface area contributed by atoms with Gasteiger partial charge in [0.25, 0.3) is 5.91 Å². The van der Waals surface area contributed by atoms with E-state index in [1.54, 1.807) is 12.1 Å². The summed E-state index contributed by atoms with van der Waals surface area (Å²) < 4.78 is 0.691. The number of hydrogen-bond donors (Lipinski definition) is 1. The molecule has 2 aliphatic rings. The second kappa shape index (κ2) is 6.84. The molecule has 0 bridgehead atoms. The Morgan fingerprint density at radius 1 is 1.12 bits per heavy atom. The predicted molar refractivity (Wildman–Crippen MR) is 95.1 cm³/mol. The monoisotopic (exact) mass is 337 g/mol. The number of piperidine rings is 1. The number of nitrogens with zero attached hydrogens (tertiary/aromatic N) is 2. The Balaban J connectivity index is 1.37. The Hall–Kier alpha value is -2.40. The smallest absolute Gasteiger partial charge is 0.251 e. The average molecular weight is 337 g/mol. The van der Waals surface area contributed by atoms with Crippen molar-refractivity contribution in [3.63, 3.8) is 0 Å². The highest BCUT2D eigenvalue weighted by molar-refractivity contribution is 5.94. The highest BCUT2D eigenvalue weighted by atomic mass is 16.5. The fourth-order valence-electron chi connectivity index (χ4n) is 4.08. The zero-order chi connectivity index (χ0) is 17.2. The topological polar surface area (TPSA) is 59.3 Å². The predicted octanol–water partition coefficient (Wildman–Crippen LogP) is 1.68. The number of nitrogens with one attached hydrogen (secondary N) is 1. The van der Waals surface area contributed by atoms with Gasteiger partial charge in [0.15, 0.2) is 12.4 Å². The number of hydrogen-bond acceptors (Lipinski definition) is 3. The zero-order valence-electron chi connectivity index (χ0n) is 14.2. The molecule has 130 valence electrons. The van der Waals surface area contributed by atoms with Crippen molar-refractivity contribution < 1.29 is 9.52 Å². The number of likely N-dealkylation sites (tertiary alicyclic amines) is 1. The van der Waals surface area contributed by atoms with Crippen LogP contribution in [0.3, 0.4) is 0 Å². The zero-order valence-corrected chi connectivity index (χ0v) is 14.2. The second-order valence-electron chi connectivity index (χ2n) is 7.09. The quantitative estimate of drug-likeness (QED) is 0.685. The fourth-order valence-corrected chi connectivity index (χ4v) is 4.08. The van der Waals surface area contributed by atoms with Crippen LogP contribution in [0.1, 0.15) is 34.3 Å². The van der Waals surface area contributed by atoms with Crippen LogP contribution in [0, 0.1) is 5.21 Å². The van der Waals surface area contributed by atoms with Gasteiger partial charge in [0.2, 0.25) is 0 Å². The van der Waals surface area contributed by atoms with Crippen molar-refractivity contribution in [2.45, 2.75) is 37.8 Å². The molecule has 5 heteroatoms. The third kappa shape index (κ3) is 3.51. The Bertz CT molecular complexity index is 735. The number of rotatable bonds is 3. The minimum absolute atomic E-state index is 0.0952. The van der Waals surface area contributed by atoms with E-state index in [4.69, 9.17) is 0 Å².